The van der Waals surface area contributed by atoms with E-state index in [4.69, 9.17) is 0 Å². The number of aryl methyl sites for hydroxylation is 1. The zero-order valence-electron chi connectivity index (χ0n) is 22.3. The van der Waals surface area contributed by atoms with Crippen molar-refractivity contribution in [2.24, 2.45) is 11.8 Å². The van der Waals surface area contributed by atoms with E-state index >= 15 is 4.39 Å². The van der Waals surface area contributed by atoms with Gasteiger partial charge in [0.1, 0.15) is 12.1 Å². The van der Waals surface area contributed by atoms with Gasteiger partial charge in [-0.3, -0.25) is 0 Å². The van der Waals surface area contributed by atoms with Gasteiger partial charge in [0.05, 0.1) is 26.6 Å². The predicted molar refractivity (Wildman–Crippen MR) is 155 cm³/mol. The highest BCUT2D eigenvalue weighted by Crippen LogP contribution is 2.39. The summed E-state index contributed by atoms with van der Waals surface area (Å²) >= 11 is 1.64. The van der Waals surface area contributed by atoms with Crippen molar-refractivity contribution in [3.05, 3.63) is 82.6 Å². The maximum absolute atomic E-state index is 16.2. The van der Waals surface area contributed by atoms with Crippen molar-refractivity contribution in [1.29, 1.82) is 0 Å². The van der Waals surface area contributed by atoms with Crippen LogP contribution in [0.1, 0.15) is 56.2 Å². The standard InChI is InChI=1S/C31H36FN3OS/c1-20(2)18-35(19-21(3)4)31-27(32)15-24(26(13-14-36)23-9-7-6-8-10-23)16-29(31)34-25-11-12-28-30(17-25)37-22(5)33-28/h6-12,14-17,20-21,26,34H,13,18-19H2,1-5H3. The van der Waals surface area contributed by atoms with Crippen LogP contribution in [-0.4, -0.2) is 24.4 Å². The number of aldehydes is 1. The summed E-state index contributed by atoms with van der Waals surface area (Å²) in [6.07, 6.45) is 1.20. The highest BCUT2D eigenvalue weighted by molar-refractivity contribution is 7.18. The minimum atomic E-state index is -0.275. The molecule has 0 saturated carbocycles. The van der Waals surface area contributed by atoms with E-state index in [0.29, 0.717) is 23.2 Å². The Balaban J connectivity index is 1.85. The van der Waals surface area contributed by atoms with Crippen LogP contribution in [0.5, 0.6) is 0 Å². The number of nitrogens with zero attached hydrogens (tertiary/aromatic N) is 2. The van der Waals surface area contributed by atoms with Crippen LogP contribution in [-0.2, 0) is 4.79 Å². The Morgan fingerprint density at radius 1 is 0.973 bits per heavy atom. The number of hydrogen-bond donors (Lipinski definition) is 1. The molecule has 0 aliphatic heterocycles. The first-order chi connectivity index (χ1) is 17.7. The normalized spacial score (nSPS) is 12.3. The third-order valence-electron chi connectivity index (χ3n) is 6.28. The lowest BCUT2D eigenvalue weighted by atomic mass is 9.88. The highest BCUT2D eigenvalue weighted by Gasteiger charge is 2.23. The number of aromatic nitrogens is 1. The van der Waals surface area contributed by atoms with Crippen molar-refractivity contribution in [2.75, 3.05) is 23.3 Å². The minimum absolute atomic E-state index is 0.224. The average molecular weight is 518 g/mol. The first-order valence-corrected chi connectivity index (χ1v) is 13.8. The number of anilines is 3. The summed E-state index contributed by atoms with van der Waals surface area (Å²) in [4.78, 5) is 18.4. The zero-order chi connectivity index (χ0) is 26.5. The largest absolute Gasteiger partial charge is 0.367 e. The first-order valence-electron chi connectivity index (χ1n) is 13.0. The van der Waals surface area contributed by atoms with Gasteiger partial charge < -0.3 is 15.0 Å². The number of carbonyl (C=O) groups is 1. The number of thiazole rings is 1. The Morgan fingerprint density at radius 3 is 2.32 bits per heavy atom. The SMILES string of the molecule is Cc1nc2ccc(Nc3cc(C(CC=O)c4ccccc4)cc(F)c3N(CC(C)C)CC(C)C)cc2s1. The molecule has 0 aliphatic carbocycles. The fraction of sp³-hybridized carbons (Fsp3) is 0.355. The molecule has 0 radical (unpaired) electrons. The van der Waals surface area contributed by atoms with Crippen molar-refractivity contribution in [1.82, 2.24) is 4.98 Å². The molecule has 1 atom stereocenters. The van der Waals surface area contributed by atoms with Gasteiger partial charge in [0.25, 0.3) is 0 Å². The second-order valence-corrected chi connectivity index (χ2v) is 11.7. The van der Waals surface area contributed by atoms with Gasteiger partial charge in [-0.15, -0.1) is 11.3 Å². The van der Waals surface area contributed by atoms with Crippen molar-refractivity contribution in [3.8, 4) is 0 Å². The average Bonchev–Trinajstić information content (AvgIpc) is 3.21. The number of rotatable bonds is 11. The molecule has 1 heterocycles. The fourth-order valence-electron chi connectivity index (χ4n) is 4.90. The third kappa shape index (κ3) is 6.55. The lowest BCUT2D eigenvalue weighted by Gasteiger charge is -2.32. The predicted octanol–water partition coefficient (Wildman–Crippen LogP) is 8.33. The molecule has 0 fully saturated rings. The summed E-state index contributed by atoms with van der Waals surface area (Å²) < 4.78 is 17.2. The molecule has 0 bridgehead atoms. The van der Waals surface area contributed by atoms with E-state index in [1.807, 2.05) is 55.5 Å². The Bertz CT molecular complexity index is 1340. The van der Waals surface area contributed by atoms with Crippen LogP contribution in [0.25, 0.3) is 10.2 Å². The molecular weight excluding hydrogens is 481 g/mol. The maximum atomic E-state index is 16.2. The number of carbonyl (C=O) groups excluding carboxylic acids is 1. The van der Waals surface area contributed by atoms with Crippen LogP contribution in [0, 0.1) is 24.6 Å². The Kier molecular flexibility index (Phi) is 8.59. The Hall–Kier alpha value is -3.25. The number of hydrogen-bond acceptors (Lipinski definition) is 5. The van der Waals surface area contributed by atoms with Crippen LogP contribution in [0.4, 0.5) is 21.5 Å². The van der Waals surface area contributed by atoms with Crippen molar-refractivity contribution in [3.63, 3.8) is 0 Å². The van der Waals surface area contributed by atoms with Gasteiger partial charge in [-0.1, -0.05) is 58.0 Å². The molecule has 1 N–H and O–H groups in total. The molecule has 1 unspecified atom stereocenters. The molecule has 6 heteroatoms. The molecule has 4 aromatic rings. The summed E-state index contributed by atoms with van der Waals surface area (Å²) in [5.74, 6) is 0.240. The van der Waals surface area contributed by atoms with Gasteiger partial charge in [0, 0.05) is 31.1 Å². The van der Waals surface area contributed by atoms with Gasteiger partial charge in [-0.25, -0.2) is 9.37 Å². The maximum Gasteiger partial charge on any atom is 0.148 e. The summed E-state index contributed by atoms with van der Waals surface area (Å²) in [7, 11) is 0. The smallest absolute Gasteiger partial charge is 0.148 e. The van der Waals surface area contributed by atoms with E-state index in [9.17, 15) is 4.79 Å². The number of halogens is 1. The Labute approximate surface area is 223 Å². The lowest BCUT2D eigenvalue weighted by molar-refractivity contribution is -0.108. The van der Waals surface area contributed by atoms with Crippen molar-refractivity contribution >= 4 is 44.9 Å². The summed E-state index contributed by atoms with van der Waals surface area (Å²) in [5, 5.41) is 4.55. The minimum Gasteiger partial charge on any atom is -0.367 e. The van der Waals surface area contributed by atoms with Crippen molar-refractivity contribution in [2.45, 2.75) is 47.0 Å². The van der Waals surface area contributed by atoms with Gasteiger partial charge in [0.15, 0.2) is 0 Å². The van der Waals surface area contributed by atoms with Gasteiger partial charge >= 0.3 is 0 Å². The van der Waals surface area contributed by atoms with E-state index in [1.165, 1.54) is 0 Å². The van der Waals surface area contributed by atoms with E-state index in [0.717, 1.165) is 51.4 Å². The molecule has 0 spiro atoms. The van der Waals surface area contributed by atoms with E-state index < -0.39 is 0 Å². The molecule has 1 aromatic heterocycles. The second-order valence-electron chi connectivity index (χ2n) is 10.5. The van der Waals surface area contributed by atoms with Crippen LogP contribution >= 0.6 is 11.3 Å². The van der Waals surface area contributed by atoms with Crippen LogP contribution in [0.2, 0.25) is 0 Å². The van der Waals surface area contributed by atoms with Gasteiger partial charge in [0.2, 0.25) is 0 Å². The van der Waals surface area contributed by atoms with Gasteiger partial charge in [-0.05, 0) is 60.2 Å². The molecule has 3 aromatic carbocycles. The first kappa shape index (κ1) is 26.8. The third-order valence-corrected chi connectivity index (χ3v) is 7.22. The quantitative estimate of drug-likeness (QED) is 0.203. The van der Waals surface area contributed by atoms with Gasteiger partial charge in [-0.2, -0.15) is 0 Å². The monoisotopic (exact) mass is 517 g/mol. The molecule has 0 saturated heterocycles. The summed E-state index contributed by atoms with van der Waals surface area (Å²) in [6.45, 7) is 12.1. The molecule has 4 rings (SSSR count). The molecule has 4 nitrogen and oxygen atoms in total. The van der Waals surface area contributed by atoms with E-state index in [-0.39, 0.29) is 18.2 Å². The topological polar surface area (TPSA) is 45.2 Å². The summed E-state index contributed by atoms with van der Waals surface area (Å²) in [5.41, 5.74) is 4.91. The zero-order valence-corrected chi connectivity index (χ0v) is 23.1. The van der Waals surface area contributed by atoms with Crippen molar-refractivity contribution < 1.29 is 9.18 Å². The van der Waals surface area contributed by atoms with Crippen LogP contribution in [0.15, 0.2) is 60.7 Å². The molecule has 37 heavy (non-hydrogen) atoms. The number of fused-ring (bicyclic) bond motifs is 1. The lowest BCUT2D eigenvalue weighted by Crippen LogP contribution is -2.32. The second kappa shape index (κ2) is 11.9. The van der Waals surface area contributed by atoms with Crippen LogP contribution in [0.3, 0.4) is 0 Å². The molecule has 0 amide bonds. The van der Waals surface area contributed by atoms with E-state index in [1.54, 1.807) is 17.4 Å². The molecule has 194 valence electrons. The highest BCUT2D eigenvalue weighted by atomic mass is 32.1. The summed E-state index contributed by atoms with van der Waals surface area (Å²) in [6, 6.07) is 19.6. The molecule has 0 aliphatic rings. The Morgan fingerprint density at radius 2 is 1.68 bits per heavy atom. The number of nitrogens with one attached hydrogen (secondary N) is 1. The van der Waals surface area contributed by atoms with Crippen LogP contribution < -0.4 is 10.2 Å². The number of benzene rings is 3. The molecular formula is C31H36FN3OS. The fourth-order valence-corrected chi connectivity index (χ4v) is 5.76. The van der Waals surface area contributed by atoms with E-state index in [2.05, 4.69) is 49.0 Å².